The van der Waals surface area contributed by atoms with Gasteiger partial charge in [-0.2, -0.15) is 13.2 Å². The number of fused-ring (bicyclic) bond motifs is 1. The fourth-order valence-corrected chi connectivity index (χ4v) is 3.77. The number of nitrogens with zero attached hydrogens (tertiary/aromatic N) is 2. The average molecular weight is 396 g/mol. The molecule has 0 unspecified atom stereocenters. The summed E-state index contributed by atoms with van der Waals surface area (Å²) in [6.45, 7) is 9.89. The van der Waals surface area contributed by atoms with Gasteiger partial charge in [0, 0.05) is 29.9 Å². The van der Waals surface area contributed by atoms with Crippen LogP contribution in [0.15, 0.2) is 5.38 Å². The number of carboxylic acids is 1. The Labute approximate surface area is 153 Å². The number of ether oxygens (including phenoxy) is 2. The highest BCUT2D eigenvalue weighted by Crippen LogP contribution is 2.33. The first-order valence-electron chi connectivity index (χ1n) is 8.25. The van der Waals surface area contributed by atoms with Gasteiger partial charge in [-0.05, 0) is 20.8 Å². The molecule has 26 heavy (non-hydrogen) atoms. The number of likely N-dealkylation sites (tertiary alicyclic amines) is 1. The number of aromatic nitrogens is 1. The van der Waals surface area contributed by atoms with Crippen molar-refractivity contribution in [1.82, 2.24) is 9.88 Å². The fraction of sp³-hybridized carbons (Fsp3) is 0.750. The van der Waals surface area contributed by atoms with E-state index < -0.39 is 12.1 Å². The van der Waals surface area contributed by atoms with Gasteiger partial charge in [0.05, 0.1) is 36.6 Å². The zero-order valence-electron chi connectivity index (χ0n) is 14.8. The minimum absolute atomic E-state index is 0.289. The maximum absolute atomic E-state index is 10.6. The van der Waals surface area contributed by atoms with E-state index >= 15 is 0 Å². The van der Waals surface area contributed by atoms with E-state index in [1.165, 1.54) is 0 Å². The zero-order chi connectivity index (χ0) is 19.5. The Morgan fingerprint density at radius 3 is 2.65 bits per heavy atom. The molecule has 1 aromatic heterocycles. The van der Waals surface area contributed by atoms with Crippen molar-refractivity contribution in [2.45, 2.75) is 51.7 Å². The fourth-order valence-electron chi connectivity index (χ4n) is 3.17. The zero-order valence-corrected chi connectivity index (χ0v) is 15.6. The first-order chi connectivity index (χ1) is 12.1. The second-order valence-electron chi connectivity index (χ2n) is 6.57. The normalized spacial score (nSPS) is 25.9. The summed E-state index contributed by atoms with van der Waals surface area (Å²) >= 11 is 1.69. The van der Waals surface area contributed by atoms with Crippen molar-refractivity contribution < 1.29 is 32.5 Å². The number of thiazole rings is 1. The van der Waals surface area contributed by atoms with Crippen LogP contribution in [0.3, 0.4) is 0 Å². The Kier molecular flexibility index (Phi) is 7.00. The Bertz CT molecular complexity index is 609. The van der Waals surface area contributed by atoms with E-state index in [1.807, 2.05) is 6.92 Å². The molecule has 6 nitrogen and oxygen atoms in total. The molecule has 0 radical (unpaired) electrons. The summed E-state index contributed by atoms with van der Waals surface area (Å²) in [5.41, 5.74) is 1.06. The first-order valence-corrected chi connectivity index (χ1v) is 9.13. The number of carbonyl (C=O) groups is 1. The van der Waals surface area contributed by atoms with Gasteiger partial charge in [0.15, 0.2) is 0 Å². The minimum atomic E-state index is -5.08. The molecule has 1 N–H and O–H groups in total. The Balaban J connectivity index is 0.000000298. The summed E-state index contributed by atoms with van der Waals surface area (Å²) in [5.74, 6) is -2.23. The van der Waals surface area contributed by atoms with Crippen LogP contribution < -0.4 is 0 Å². The van der Waals surface area contributed by atoms with Crippen LogP contribution in [0.25, 0.3) is 0 Å². The molecule has 0 amide bonds. The van der Waals surface area contributed by atoms with Gasteiger partial charge in [0.1, 0.15) is 0 Å². The van der Waals surface area contributed by atoms with Crippen LogP contribution in [-0.2, 0) is 20.9 Å². The third kappa shape index (κ3) is 5.38. The largest absolute Gasteiger partial charge is 0.490 e. The minimum Gasteiger partial charge on any atom is -0.475 e. The van der Waals surface area contributed by atoms with Gasteiger partial charge in [0.2, 0.25) is 0 Å². The highest BCUT2D eigenvalue weighted by Gasteiger charge is 2.46. The molecule has 0 saturated carbocycles. The second-order valence-corrected chi connectivity index (χ2v) is 7.63. The smallest absolute Gasteiger partial charge is 0.475 e. The van der Waals surface area contributed by atoms with Gasteiger partial charge in [-0.3, -0.25) is 4.90 Å². The van der Waals surface area contributed by atoms with E-state index in [9.17, 15) is 13.2 Å². The monoisotopic (exact) mass is 396 g/mol. The predicted octanol–water partition coefficient (Wildman–Crippen LogP) is 2.71. The standard InChI is InChI=1S/C14H22N2O2S.C2HF3O2/c1-9(2)16-4-14(12-6-17-7-13(12)16)18-5-11-8-19-10(3)15-11;3-2(4,5)1(6)7/h8-9,12-14H,4-7H2,1-3H3;(H,6,7)/t12-,13+,14-;/m0./s1. The molecule has 3 atom stereocenters. The van der Waals surface area contributed by atoms with E-state index in [4.69, 9.17) is 19.4 Å². The summed E-state index contributed by atoms with van der Waals surface area (Å²) in [5, 5.41) is 10.3. The number of halogens is 3. The molecule has 0 bridgehead atoms. The molecular weight excluding hydrogens is 373 g/mol. The van der Waals surface area contributed by atoms with Crippen LogP contribution in [0, 0.1) is 12.8 Å². The van der Waals surface area contributed by atoms with E-state index in [-0.39, 0.29) is 6.10 Å². The topological polar surface area (TPSA) is 71.9 Å². The Hall–Kier alpha value is -1.23. The molecule has 148 valence electrons. The van der Waals surface area contributed by atoms with Crippen molar-refractivity contribution >= 4 is 17.3 Å². The molecule has 2 aliphatic rings. The van der Waals surface area contributed by atoms with E-state index in [0.717, 1.165) is 30.5 Å². The Morgan fingerprint density at radius 2 is 2.15 bits per heavy atom. The van der Waals surface area contributed by atoms with Crippen molar-refractivity contribution in [1.29, 1.82) is 0 Å². The maximum atomic E-state index is 10.6. The summed E-state index contributed by atoms with van der Waals surface area (Å²) < 4.78 is 43.5. The lowest BCUT2D eigenvalue weighted by atomic mass is 10.0. The average Bonchev–Trinajstić information content (AvgIpc) is 3.21. The van der Waals surface area contributed by atoms with E-state index in [1.54, 1.807) is 11.3 Å². The number of aliphatic carboxylic acids is 1. The summed E-state index contributed by atoms with van der Waals surface area (Å²) in [6, 6.07) is 1.10. The molecule has 3 rings (SSSR count). The summed E-state index contributed by atoms with van der Waals surface area (Å²) in [6.07, 6.45) is -4.79. The number of aryl methyl sites for hydroxylation is 1. The molecule has 1 aromatic rings. The highest BCUT2D eigenvalue weighted by molar-refractivity contribution is 7.09. The van der Waals surface area contributed by atoms with Gasteiger partial charge in [-0.15, -0.1) is 11.3 Å². The third-order valence-electron chi connectivity index (χ3n) is 4.41. The van der Waals surface area contributed by atoms with Crippen LogP contribution >= 0.6 is 11.3 Å². The maximum Gasteiger partial charge on any atom is 0.490 e. The van der Waals surface area contributed by atoms with Crippen molar-refractivity contribution in [3.63, 3.8) is 0 Å². The van der Waals surface area contributed by atoms with Crippen molar-refractivity contribution in [3.8, 4) is 0 Å². The predicted molar refractivity (Wildman–Crippen MR) is 89.1 cm³/mol. The SMILES string of the molecule is Cc1nc(CO[C@H]2CN(C(C)C)[C@@H]3COC[C@H]23)cs1.O=C(O)C(F)(F)F. The second kappa shape index (κ2) is 8.64. The molecule has 0 aliphatic carbocycles. The number of alkyl halides is 3. The third-order valence-corrected chi connectivity index (χ3v) is 5.23. The van der Waals surface area contributed by atoms with Gasteiger partial charge in [0.25, 0.3) is 0 Å². The van der Waals surface area contributed by atoms with Crippen LogP contribution in [0.5, 0.6) is 0 Å². The molecule has 2 aliphatic heterocycles. The lowest BCUT2D eigenvalue weighted by Crippen LogP contribution is -2.38. The lowest BCUT2D eigenvalue weighted by molar-refractivity contribution is -0.192. The number of rotatable bonds is 4. The van der Waals surface area contributed by atoms with Crippen LogP contribution in [0.1, 0.15) is 24.5 Å². The Morgan fingerprint density at radius 1 is 1.50 bits per heavy atom. The number of carboxylic acid groups (broad SMARTS) is 1. The first kappa shape index (κ1) is 21.1. The van der Waals surface area contributed by atoms with Crippen LogP contribution in [0.4, 0.5) is 13.2 Å². The van der Waals surface area contributed by atoms with Crippen molar-refractivity contribution in [2.75, 3.05) is 19.8 Å². The molecule has 3 heterocycles. The van der Waals surface area contributed by atoms with E-state index in [0.29, 0.717) is 24.6 Å². The van der Waals surface area contributed by atoms with Gasteiger partial charge >= 0.3 is 12.1 Å². The van der Waals surface area contributed by atoms with Crippen LogP contribution in [0.2, 0.25) is 0 Å². The van der Waals surface area contributed by atoms with Crippen molar-refractivity contribution in [2.24, 2.45) is 5.92 Å². The highest BCUT2D eigenvalue weighted by atomic mass is 32.1. The summed E-state index contributed by atoms with van der Waals surface area (Å²) in [4.78, 5) is 15.9. The van der Waals surface area contributed by atoms with E-state index in [2.05, 4.69) is 29.1 Å². The molecule has 2 saturated heterocycles. The van der Waals surface area contributed by atoms with Crippen LogP contribution in [-0.4, -0.2) is 65.1 Å². The summed E-state index contributed by atoms with van der Waals surface area (Å²) in [7, 11) is 0. The quantitative estimate of drug-likeness (QED) is 0.844. The molecule has 2 fully saturated rings. The molecule has 10 heteroatoms. The molecule has 0 spiro atoms. The molecule has 0 aromatic carbocycles. The van der Waals surface area contributed by atoms with Gasteiger partial charge < -0.3 is 14.6 Å². The van der Waals surface area contributed by atoms with Gasteiger partial charge in [-0.1, -0.05) is 0 Å². The number of hydrogen-bond donors (Lipinski definition) is 1. The van der Waals surface area contributed by atoms with Crippen molar-refractivity contribution in [3.05, 3.63) is 16.1 Å². The molecular formula is C16H23F3N2O4S. The lowest BCUT2D eigenvalue weighted by Gasteiger charge is -2.26. The van der Waals surface area contributed by atoms with Gasteiger partial charge in [-0.25, -0.2) is 9.78 Å². The number of hydrogen-bond acceptors (Lipinski definition) is 6.